The number of aryl methyl sites for hydroxylation is 1. The zero-order chi connectivity index (χ0) is 20.0. The molecule has 0 spiro atoms. The standard InChI is InChI=1S/C26H18ClNO/c1-17-16-28-24(21-13-12-20(27)14-22(17)21)15-23(18-8-4-2-5-9-18)25(26(28)29)19-10-6-3-7-11-19/h2-16H,1H3. The van der Waals surface area contributed by atoms with E-state index in [9.17, 15) is 4.79 Å². The van der Waals surface area contributed by atoms with E-state index in [0.717, 1.165) is 38.5 Å². The summed E-state index contributed by atoms with van der Waals surface area (Å²) in [7, 11) is 0. The fraction of sp³-hybridized carbons (Fsp3) is 0.0385. The third-order valence-electron chi connectivity index (χ3n) is 5.40. The number of aromatic nitrogens is 1. The number of hydrogen-bond acceptors (Lipinski definition) is 1. The summed E-state index contributed by atoms with van der Waals surface area (Å²) in [5.74, 6) is 0. The summed E-state index contributed by atoms with van der Waals surface area (Å²) < 4.78 is 1.76. The largest absolute Gasteiger partial charge is 0.283 e. The molecule has 0 N–H and O–H groups in total. The SMILES string of the molecule is Cc1cn2c(=O)c(-c3ccccc3)c(-c3ccccc3)cc2c2ccc(Cl)cc12. The number of rotatable bonds is 2. The van der Waals surface area contributed by atoms with Gasteiger partial charge in [-0.25, -0.2) is 0 Å². The van der Waals surface area contributed by atoms with E-state index in [4.69, 9.17) is 11.6 Å². The van der Waals surface area contributed by atoms with Gasteiger partial charge in [0.25, 0.3) is 5.56 Å². The molecule has 5 rings (SSSR count). The van der Waals surface area contributed by atoms with Crippen molar-refractivity contribution in [3.8, 4) is 22.3 Å². The van der Waals surface area contributed by atoms with Gasteiger partial charge in [0.05, 0.1) is 11.1 Å². The third kappa shape index (κ3) is 2.93. The van der Waals surface area contributed by atoms with Crippen molar-refractivity contribution in [2.45, 2.75) is 6.92 Å². The van der Waals surface area contributed by atoms with Gasteiger partial charge in [0.15, 0.2) is 0 Å². The molecule has 29 heavy (non-hydrogen) atoms. The molecule has 0 atom stereocenters. The minimum Gasteiger partial charge on any atom is -0.283 e. The lowest BCUT2D eigenvalue weighted by atomic mass is 9.94. The third-order valence-corrected chi connectivity index (χ3v) is 5.63. The zero-order valence-corrected chi connectivity index (χ0v) is 16.6. The monoisotopic (exact) mass is 395 g/mol. The van der Waals surface area contributed by atoms with Gasteiger partial charge in [0.2, 0.25) is 0 Å². The van der Waals surface area contributed by atoms with Gasteiger partial charge in [0, 0.05) is 16.6 Å². The van der Waals surface area contributed by atoms with E-state index in [1.807, 2.05) is 92.0 Å². The number of hydrogen-bond donors (Lipinski definition) is 0. The van der Waals surface area contributed by atoms with Crippen LogP contribution in [0.4, 0.5) is 0 Å². The molecule has 0 saturated carbocycles. The minimum atomic E-state index is -0.0208. The van der Waals surface area contributed by atoms with Crippen LogP contribution < -0.4 is 5.56 Å². The Labute approximate surface area is 173 Å². The van der Waals surface area contributed by atoms with Crippen molar-refractivity contribution in [2.75, 3.05) is 0 Å². The fourth-order valence-corrected chi connectivity index (χ4v) is 4.19. The molecule has 0 amide bonds. The molecule has 0 aliphatic carbocycles. The molecular formula is C26H18ClNO. The Kier molecular flexibility index (Phi) is 4.22. The molecule has 2 heterocycles. The summed E-state index contributed by atoms with van der Waals surface area (Å²) in [6.45, 7) is 2.01. The van der Waals surface area contributed by atoms with Crippen LogP contribution in [0.5, 0.6) is 0 Å². The Morgan fingerprint density at radius 1 is 0.759 bits per heavy atom. The molecule has 0 aliphatic heterocycles. The van der Waals surface area contributed by atoms with Crippen molar-refractivity contribution < 1.29 is 0 Å². The van der Waals surface area contributed by atoms with Crippen LogP contribution in [0.15, 0.2) is 95.9 Å². The number of fused-ring (bicyclic) bond motifs is 3. The molecule has 0 fully saturated rings. The van der Waals surface area contributed by atoms with Gasteiger partial charge in [-0.05, 0) is 52.8 Å². The van der Waals surface area contributed by atoms with Crippen molar-refractivity contribution in [2.24, 2.45) is 0 Å². The Hall–Kier alpha value is -3.36. The Morgan fingerprint density at radius 2 is 1.41 bits per heavy atom. The van der Waals surface area contributed by atoms with Crippen molar-refractivity contribution >= 4 is 27.9 Å². The topological polar surface area (TPSA) is 21.5 Å². The molecule has 0 saturated heterocycles. The van der Waals surface area contributed by atoms with Crippen LogP contribution in [-0.2, 0) is 0 Å². The maximum absolute atomic E-state index is 13.7. The van der Waals surface area contributed by atoms with E-state index in [1.54, 1.807) is 4.40 Å². The van der Waals surface area contributed by atoms with E-state index in [2.05, 4.69) is 6.07 Å². The molecule has 2 nitrogen and oxygen atoms in total. The van der Waals surface area contributed by atoms with Gasteiger partial charge < -0.3 is 0 Å². The average molecular weight is 396 g/mol. The van der Waals surface area contributed by atoms with Crippen LogP contribution >= 0.6 is 11.6 Å². The molecule has 5 aromatic rings. The van der Waals surface area contributed by atoms with Crippen molar-refractivity contribution in [3.05, 3.63) is 112 Å². The number of pyridine rings is 2. The molecule has 0 radical (unpaired) electrons. The molecular weight excluding hydrogens is 378 g/mol. The first kappa shape index (κ1) is 17.7. The molecule has 3 heteroatoms. The second-order valence-corrected chi connectivity index (χ2v) is 7.66. The highest BCUT2D eigenvalue weighted by Gasteiger charge is 2.16. The minimum absolute atomic E-state index is 0.0208. The maximum atomic E-state index is 13.7. The summed E-state index contributed by atoms with van der Waals surface area (Å²) in [5.41, 5.74) is 5.46. The van der Waals surface area contributed by atoms with E-state index < -0.39 is 0 Å². The highest BCUT2D eigenvalue weighted by Crippen LogP contribution is 2.33. The van der Waals surface area contributed by atoms with Crippen LogP contribution in [0.1, 0.15) is 5.56 Å². The second-order valence-electron chi connectivity index (χ2n) is 7.23. The van der Waals surface area contributed by atoms with Gasteiger partial charge in [-0.3, -0.25) is 9.20 Å². The lowest BCUT2D eigenvalue weighted by molar-refractivity contribution is 1.09. The predicted octanol–water partition coefficient (Wildman–Crippen LogP) is 6.75. The van der Waals surface area contributed by atoms with Gasteiger partial charge >= 0.3 is 0 Å². The van der Waals surface area contributed by atoms with E-state index >= 15 is 0 Å². The van der Waals surface area contributed by atoms with Crippen LogP contribution in [0.3, 0.4) is 0 Å². The molecule has 140 valence electrons. The van der Waals surface area contributed by atoms with E-state index in [-0.39, 0.29) is 5.56 Å². The molecule has 0 aliphatic rings. The Morgan fingerprint density at radius 3 is 2.10 bits per heavy atom. The summed E-state index contributed by atoms with van der Waals surface area (Å²) >= 11 is 6.24. The summed E-state index contributed by atoms with van der Waals surface area (Å²) in [5, 5.41) is 2.77. The normalized spacial score (nSPS) is 11.2. The van der Waals surface area contributed by atoms with Gasteiger partial charge in [-0.1, -0.05) is 78.3 Å². The second kappa shape index (κ2) is 6.91. The Balaban J connectivity index is 1.98. The highest BCUT2D eigenvalue weighted by atomic mass is 35.5. The number of nitrogens with zero attached hydrogens (tertiary/aromatic N) is 1. The number of benzene rings is 3. The summed E-state index contributed by atoms with van der Waals surface area (Å²) in [4.78, 5) is 13.7. The fourth-order valence-electron chi connectivity index (χ4n) is 4.02. The lowest BCUT2D eigenvalue weighted by Crippen LogP contribution is -2.17. The lowest BCUT2D eigenvalue weighted by Gasteiger charge is -2.15. The van der Waals surface area contributed by atoms with Gasteiger partial charge in [0.1, 0.15) is 0 Å². The molecule has 0 unspecified atom stereocenters. The van der Waals surface area contributed by atoms with Gasteiger partial charge in [-0.15, -0.1) is 0 Å². The molecule has 3 aromatic carbocycles. The van der Waals surface area contributed by atoms with E-state index in [1.165, 1.54) is 0 Å². The first-order valence-electron chi connectivity index (χ1n) is 9.52. The molecule has 2 aromatic heterocycles. The van der Waals surface area contributed by atoms with Crippen molar-refractivity contribution in [1.82, 2.24) is 4.40 Å². The highest BCUT2D eigenvalue weighted by molar-refractivity contribution is 6.31. The van der Waals surface area contributed by atoms with Crippen LogP contribution in [0, 0.1) is 6.92 Å². The summed E-state index contributed by atoms with van der Waals surface area (Å²) in [6.07, 6.45) is 1.91. The van der Waals surface area contributed by atoms with Gasteiger partial charge in [-0.2, -0.15) is 0 Å². The number of halogens is 1. The molecule has 0 bridgehead atoms. The van der Waals surface area contributed by atoms with Crippen LogP contribution in [0.25, 0.3) is 38.5 Å². The Bertz CT molecular complexity index is 1420. The first-order chi connectivity index (χ1) is 14.1. The quantitative estimate of drug-likeness (QED) is 0.303. The van der Waals surface area contributed by atoms with Crippen molar-refractivity contribution in [1.29, 1.82) is 0 Å². The average Bonchev–Trinajstić information content (AvgIpc) is 2.76. The zero-order valence-electron chi connectivity index (χ0n) is 15.9. The maximum Gasteiger partial charge on any atom is 0.263 e. The van der Waals surface area contributed by atoms with Crippen LogP contribution in [0.2, 0.25) is 5.02 Å². The van der Waals surface area contributed by atoms with Crippen LogP contribution in [-0.4, -0.2) is 4.40 Å². The first-order valence-corrected chi connectivity index (χ1v) is 9.90. The smallest absolute Gasteiger partial charge is 0.263 e. The van der Waals surface area contributed by atoms with Crippen molar-refractivity contribution in [3.63, 3.8) is 0 Å². The predicted molar refractivity (Wildman–Crippen MR) is 122 cm³/mol. The van der Waals surface area contributed by atoms with E-state index in [0.29, 0.717) is 10.6 Å². The summed E-state index contributed by atoms with van der Waals surface area (Å²) in [6, 6.07) is 27.9.